The predicted octanol–water partition coefficient (Wildman–Crippen LogP) is 1.08. The predicted molar refractivity (Wildman–Crippen MR) is 51.4 cm³/mol. The molecule has 0 bridgehead atoms. The van der Waals surface area contributed by atoms with E-state index < -0.39 is 11.9 Å². The number of hydrogen-bond acceptors (Lipinski definition) is 3. The van der Waals surface area contributed by atoms with Crippen molar-refractivity contribution in [3.8, 4) is 0 Å². The average molecular weight is 213 g/mol. The minimum Gasteiger partial charge on any atom is -0.481 e. The fraction of sp³-hybridized carbons (Fsp3) is 0.800. The van der Waals surface area contributed by atoms with Crippen LogP contribution < -0.4 is 0 Å². The normalized spacial score (nSPS) is 27.9. The zero-order valence-electron chi connectivity index (χ0n) is 8.52. The Kier molecular flexibility index (Phi) is 2.79. The van der Waals surface area contributed by atoms with E-state index in [1.807, 2.05) is 0 Å². The van der Waals surface area contributed by atoms with E-state index in [0.717, 1.165) is 25.7 Å². The SMILES string of the molecule is O=C(O)C1COC(=O)N(C2CCCC2)C1. The third kappa shape index (κ3) is 2.06. The topological polar surface area (TPSA) is 66.8 Å². The van der Waals surface area contributed by atoms with Gasteiger partial charge in [0.05, 0.1) is 0 Å². The minimum atomic E-state index is -0.884. The molecule has 0 aromatic heterocycles. The third-order valence-corrected chi connectivity index (χ3v) is 3.17. The third-order valence-electron chi connectivity index (χ3n) is 3.17. The van der Waals surface area contributed by atoms with Crippen LogP contribution in [0.15, 0.2) is 0 Å². The molecule has 2 fully saturated rings. The Hall–Kier alpha value is -1.26. The Morgan fingerprint density at radius 1 is 1.40 bits per heavy atom. The summed E-state index contributed by atoms with van der Waals surface area (Å²) >= 11 is 0. The quantitative estimate of drug-likeness (QED) is 0.745. The van der Waals surface area contributed by atoms with Gasteiger partial charge in [-0.3, -0.25) is 4.79 Å². The van der Waals surface area contributed by atoms with Crippen molar-refractivity contribution in [2.45, 2.75) is 31.7 Å². The molecule has 1 heterocycles. The van der Waals surface area contributed by atoms with E-state index >= 15 is 0 Å². The standard InChI is InChI=1S/C10H15NO4/c12-9(13)7-5-11(10(14)15-6-7)8-3-1-2-4-8/h7-8H,1-6H2,(H,12,13). The van der Waals surface area contributed by atoms with Crippen LogP contribution in [0.4, 0.5) is 4.79 Å². The lowest BCUT2D eigenvalue weighted by Gasteiger charge is -2.34. The van der Waals surface area contributed by atoms with Gasteiger partial charge in [-0.2, -0.15) is 0 Å². The molecule has 15 heavy (non-hydrogen) atoms. The van der Waals surface area contributed by atoms with E-state index in [1.54, 1.807) is 4.90 Å². The van der Waals surface area contributed by atoms with E-state index in [2.05, 4.69) is 0 Å². The van der Waals surface area contributed by atoms with Gasteiger partial charge in [-0.15, -0.1) is 0 Å². The fourth-order valence-electron chi connectivity index (χ4n) is 2.28. The highest BCUT2D eigenvalue weighted by molar-refractivity contribution is 5.75. The van der Waals surface area contributed by atoms with E-state index in [4.69, 9.17) is 9.84 Å². The summed E-state index contributed by atoms with van der Waals surface area (Å²) in [4.78, 5) is 23.9. The number of aliphatic carboxylic acids is 1. The van der Waals surface area contributed by atoms with Crippen molar-refractivity contribution in [1.29, 1.82) is 0 Å². The van der Waals surface area contributed by atoms with Gasteiger partial charge in [-0.1, -0.05) is 12.8 Å². The Morgan fingerprint density at radius 2 is 2.07 bits per heavy atom. The number of rotatable bonds is 2. The lowest BCUT2D eigenvalue weighted by Crippen LogP contribution is -2.49. The van der Waals surface area contributed by atoms with E-state index in [9.17, 15) is 9.59 Å². The minimum absolute atomic E-state index is 0.0113. The molecule has 84 valence electrons. The molecule has 2 rings (SSSR count). The van der Waals surface area contributed by atoms with Crippen molar-refractivity contribution in [1.82, 2.24) is 4.90 Å². The van der Waals surface area contributed by atoms with Crippen molar-refractivity contribution in [2.24, 2.45) is 5.92 Å². The second-order valence-electron chi connectivity index (χ2n) is 4.20. The lowest BCUT2D eigenvalue weighted by molar-refractivity contribution is -0.145. The largest absolute Gasteiger partial charge is 0.481 e. The smallest absolute Gasteiger partial charge is 0.410 e. The van der Waals surface area contributed by atoms with Crippen molar-refractivity contribution < 1.29 is 19.4 Å². The van der Waals surface area contributed by atoms with Gasteiger partial charge in [0.2, 0.25) is 0 Å². The zero-order chi connectivity index (χ0) is 10.8. The number of cyclic esters (lactones) is 1. The van der Waals surface area contributed by atoms with Gasteiger partial charge < -0.3 is 14.7 Å². The van der Waals surface area contributed by atoms with E-state index in [0.29, 0.717) is 6.54 Å². The van der Waals surface area contributed by atoms with Crippen molar-refractivity contribution in [2.75, 3.05) is 13.2 Å². The number of nitrogens with zero attached hydrogens (tertiary/aromatic N) is 1. The number of amides is 1. The maximum absolute atomic E-state index is 11.5. The maximum Gasteiger partial charge on any atom is 0.410 e. The molecule has 0 spiro atoms. The zero-order valence-corrected chi connectivity index (χ0v) is 8.52. The Bertz CT molecular complexity index is 273. The molecule has 2 aliphatic rings. The Balaban J connectivity index is 2.01. The summed E-state index contributed by atoms with van der Waals surface area (Å²) in [7, 11) is 0. The number of hydrogen-bond donors (Lipinski definition) is 1. The molecular weight excluding hydrogens is 198 g/mol. The first-order chi connectivity index (χ1) is 7.18. The molecular formula is C10H15NO4. The highest BCUT2D eigenvalue weighted by atomic mass is 16.6. The monoisotopic (exact) mass is 213 g/mol. The van der Waals surface area contributed by atoms with Crippen LogP contribution in [-0.4, -0.2) is 41.3 Å². The molecule has 5 nitrogen and oxygen atoms in total. The first kappa shape index (κ1) is 10.3. The number of carbonyl (C=O) groups is 2. The van der Waals surface area contributed by atoms with Crippen molar-refractivity contribution in [3.05, 3.63) is 0 Å². The number of carboxylic acid groups (broad SMARTS) is 1. The summed E-state index contributed by atoms with van der Waals surface area (Å²) in [5, 5.41) is 8.87. The van der Waals surface area contributed by atoms with Crippen LogP contribution in [0.1, 0.15) is 25.7 Å². The molecule has 1 saturated carbocycles. The molecule has 0 aromatic rings. The summed E-state index contributed by atoms with van der Waals surface area (Å²) in [6, 6.07) is 0.194. The second kappa shape index (κ2) is 4.08. The molecule has 0 aromatic carbocycles. The highest BCUT2D eigenvalue weighted by Gasteiger charge is 2.36. The molecule has 1 amide bonds. The summed E-state index contributed by atoms with van der Waals surface area (Å²) in [6.45, 7) is 0.316. The van der Waals surface area contributed by atoms with Crippen LogP contribution >= 0.6 is 0 Å². The molecule has 1 aliphatic heterocycles. The lowest BCUT2D eigenvalue weighted by atomic mass is 10.1. The van der Waals surface area contributed by atoms with Gasteiger partial charge in [-0.05, 0) is 12.8 Å². The number of carboxylic acids is 1. The molecule has 1 aliphatic carbocycles. The summed E-state index contributed by atoms with van der Waals surface area (Å²) in [5.74, 6) is -1.45. The molecule has 5 heteroatoms. The first-order valence-corrected chi connectivity index (χ1v) is 5.34. The Morgan fingerprint density at radius 3 is 2.67 bits per heavy atom. The van der Waals surface area contributed by atoms with Crippen LogP contribution in [0.25, 0.3) is 0 Å². The van der Waals surface area contributed by atoms with Gasteiger partial charge in [-0.25, -0.2) is 4.79 Å². The molecule has 0 radical (unpaired) electrons. The van der Waals surface area contributed by atoms with Gasteiger partial charge >= 0.3 is 12.1 Å². The van der Waals surface area contributed by atoms with E-state index in [1.165, 1.54) is 0 Å². The van der Waals surface area contributed by atoms with Crippen LogP contribution in [0, 0.1) is 5.92 Å². The van der Waals surface area contributed by atoms with Crippen LogP contribution in [0.2, 0.25) is 0 Å². The first-order valence-electron chi connectivity index (χ1n) is 5.34. The molecule has 1 atom stereocenters. The van der Waals surface area contributed by atoms with Crippen molar-refractivity contribution >= 4 is 12.1 Å². The summed E-state index contributed by atoms with van der Waals surface area (Å²) < 4.78 is 4.88. The summed E-state index contributed by atoms with van der Waals surface area (Å²) in [6.07, 6.45) is 3.83. The van der Waals surface area contributed by atoms with Gasteiger partial charge in [0.15, 0.2) is 0 Å². The van der Waals surface area contributed by atoms with Crippen LogP contribution in [0.5, 0.6) is 0 Å². The van der Waals surface area contributed by atoms with Gasteiger partial charge in [0, 0.05) is 12.6 Å². The van der Waals surface area contributed by atoms with Crippen molar-refractivity contribution in [3.63, 3.8) is 0 Å². The van der Waals surface area contributed by atoms with Gasteiger partial charge in [0.1, 0.15) is 12.5 Å². The molecule has 1 saturated heterocycles. The number of carbonyl (C=O) groups excluding carboxylic acids is 1. The van der Waals surface area contributed by atoms with Crippen LogP contribution in [-0.2, 0) is 9.53 Å². The molecule has 1 N–H and O–H groups in total. The number of ether oxygens (including phenoxy) is 1. The highest BCUT2D eigenvalue weighted by Crippen LogP contribution is 2.26. The van der Waals surface area contributed by atoms with Gasteiger partial charge in [0.25, 0.3) is 0 Å². The Labute approximate surface area is 88.0 Å². The second-order valence-corrected chi connectivity index (χ2v) is 4.20. The maximum atomic E-state index is 11.5. The summed E-state index contributed by atoms with van der Waals surface area (Å²) in [5.41, 5.74) is 0. The average Bonchev–Trinajstić information content (AvgIpc) is 2.71. The molecule has 1 unspecified atom stereocenters. The van der Waals surface area contributed by atoms with E-state index in [-0.39, 0.29) is 18.7 Å². The van der Waals surface area contributed by atoms with Crippen LogP contribution in [0.3, 0.4) is 0 Å². The fourth-order valence-corrected chi connectivity index (χ4v) is 2.28.